The maximum atomic E-state index is 14.6. The molecule has 0 radical (unpaired) electrons. The zero-order valence-electron chi connectivity index (χ0n) is 40.6. The summed E-state index contributed by atoms with van der Waals surface area (Å²) in [5, 5.41) is 24.0. The van der Waals surface area contributed by atoms with Gasteiger partial charge < -0.3 is 50.2 Å². The number of alkyl halides is 1. The Morgan fingerprint density at radius 2 is 1.68 bits per heavy atom. The lowest BCUT2D eigenvalue weighted by molar-refractivity contribution is -0.145. The number of halogens is 1. The quantitative estimate of drug-likeness (QED) is 0.0552. The third kappa shape index (κ3) is 13.0. The monoisotopic (exact) mass is 1020 g/mol. The van der Waals surface area contributed by atoms with Crippen LogP contribution in [0.3, 0.4) is 0 Å². The number of amides is 8. The number of hydrogen-bond donors (Lipinski definition) is 6. The van der Waals surface area contributed by atoms with Gasteiger partial charge in [-0.05, 0) is 55.4 Å². The molecule has 0 bridgehead atoms. The molecule has 4 aliphatic rings. The molecule has 0 spiro atoms. The number of aryl methyl sites for hydroxylation is 1. The van der Waals surface area contributed by atoms with Crippen LogP contribution in [0.4, 0.5) is 10.1 Å². The van der Waals surface area contributed by atoms with Gasteiger partial charge in [0.15, 0.2) is 5.67 Å². The molecule has 21 nitrogen and oxygen atoms in total. The summed E-state index contributed by atoms with van der Waals surface area (Å²) in [6.45, 7) is 8.42. The molecule has 3 fully saturated rings. The van der Waals surface area contributed by atoms with Crippen molar-refractivity contribution >= 4 is 64.3 Å². The summed E-state index contributed by atoms with van der Waals surface area (Å²) in [5.41, 5.74) is 1.93. The first kappa shape index (κ1) is 53.4. The predicted octanol–water partition coefficient (Wildman–Crippen LogP) is 1.79. The summed E-state index contributed by atoms with van der Waals surface area (Å²) in [6, 6.07) is 7.08. The number of aliphatic hydroxyl groups is 1. The van der Waals surface area contributed by atoms with Gasteiger partial charge in [0, 0.05) is 50.3 Å². The molecule has 72 heavy (non-hydrogen) atoms. The van der Waals surface area contributed by atoms with Crippen molar-refractivity contribution in [3.63, 3.8) is 0 Å². The molecular formula is C49H61FN8O13S. The molecule has 7 rings (SSSR count). The summed E-state index contributed by atoms with van der Waals surface area (Å²) in [4.78, 5) is 110. The third-order valence-electron chi connectivity index (χ3n) is 12.6. The van der Waals surface area contributed by atoms with Crippen molar-refractivity contribution in [3.05, 3.63) is 64.3 Å². The van der Waals surface area contributed by atoms with Crippen LogP contribution in [0, 0.1) is 12.3 Å². The molecule has 1 aliphatic carbocycles. The molecule has 3 aliphatic heterocycles. The van der Waals surface area contributed by atoms with E-state index >= 15 is 0 Å². The van der Waals surface area contributed by atoms with E-state index < -0.39 is 76.7 Å². The van der Waals surface area contributed by atoms with Crippen molar-refractivity contribution in [1.29, 1.82) is 0 Å². The van der Waals surface area contributed by atoms with Crippen LogP contribution >= 0.6 is 11.3 Å². The second kappa shape index (κ2) is 23.4. The van der Waals surface area contributed by atoms with Crippen LogP contribution in [-0.4, -0.2) is 163 Å². The highest BCUT2D eigenvalue weighted by molar-refractivity contribution is 7.13. The first-order valence-electron chi connectivity index (χ1n) is 23.9. The van der Waals surface area contributed by atoms with E-state index in [9.17, 15) is 47.9 Å². The number of rotatable bonds is 24. The minimum Gasteiger partial charge on any atom is -0.491 e. The average molecular weight is 1020 g/mol. The maximum absolute atomic E-state index is 14.6. The number of hydrogen-bond acceptors (Lipinski definition) is 16. The van der Waals surface area contributed by atoms with Gasteiger partial charge in [0.1, 0.15) is 37.1 Å². The lowest BCUT2D eigenvalue weighted by atomic mass is 9.85. The minimum atomic E-state index is -2.00. The van der Waals surface area contributed by atoms with Gasteiger partial charge in [-0.3, -0.25) is 48.6 Å². The molecule has 2 saturated heterocycles. The van der Waals surface area contributed by atoms with Crippen molar-refractivity contribution in [3.8, 4) is 16.2 Å². The summed E-state index contributed by atoms with van der Waals surface area (Å²) in [5.74, 6) is -4.22. The van der Waals surface area contributed by atoms with E-state index in [0.717, 1.165) is 21.0 Å². The summed E-state index contributed by atoms with van der Waals surface area (Å²) < 4.78 is 37.5. The van der Waals surface area contributed by atoms with Crippen LogP contribution in [0.25, 0.3) is 10.4 Å². The summed E-state index contributed by atoms with van der Waals surface area (Å²) in [6.07, 6.45) is -0.753. The number of benzene rings is 2. The number of aromatic nitrogens is 1. The fourth-order valence-electron chi connectivity index (χ4n) is 8.50. The number of nitrogens with zero attached hydrogens (tertiary/aromatic N) is 3. The van der Waals surface area contributed by atoms with Crippen LogP contribution in [0.15, 0.2) is 41.9 Å². The highest BCUT2D eigenvalue weighted by atomic mass is 32.1. The number of imide groups is 2. The van der Waals surface area contributed by atoms with Crippen LogP contribution in [0.2, 0.25) is 0 Å². The van der Waals surface area contributed by atoms with Gasteiger partial charge in [-0.2, -0.15) is 0 Å². The molecule has 6 N–H and O–H groups in total. The molecule has 388 valence electrons. The van der Waals surface area contributed by atoms with E-state index in [1.54, 1.807) is 38.4 Å². The summed E-state index contributed by atoms with van der Waals surface area (Å²) >= 11 is 1.48. The van der Waals surface area contributed by atoms with Gasteiger partial charge in [0.05, 0.1) is 66.3 Å². The Labute approximate surface area is 419 Å². The zero-order chi connectivity index (χ0) is 51.7. The minimum absolute atomic E-state index is 0.0120. The first-order valence-corrected chi connectivity index (χ1v) is 24.7. The number of ether oxygens (including phenoxy) is 4. The van der Waals surface area contributed by atoms with Crippen LogP contribution < -0.4 is 31.3 Å². The van der Waals surface area contributed by atoms with E-state index in [1.165, 1.54) is 22.3 Å². The van der Waals surface area contributed by atoms with Gasteiger partial charge in [0.2, 0.25) is 29.5 Å². The highest BCUT2D eigenvalue weighted by Crippen LogP contribution is 2.41. The molecule has 2 aromatic carbocycles. The van der Waals surface area contributed by atoms with E-state index in [0.29, 0.717) is 17.0 Å². The normalized spacial score (nSPS) is 19.7. The molecule has 1 saturated carbocycles. The van der Waals surface area contributed by atoms with E-state index in [-0.39, 0.29) is 122 Å². The largest absolute Gasteiger partial charge is 0.491 e. The van der Waals surface area contributed by atoms with Crippen molar-refractivity contribution in [1.82, 2.24) is 36.1 Å². The van der Waals surface area contributed by atoms with Gasteiger partial charge in [-0.25, -0.2) is 9.37 Å². The molecule has 8 amide bonds. The molecule has 1 aromatic heterocycles. The number of piperidine rings is 1. The number of nitrogens with one attached hydrogen (secondary N) is 5. The first-order chi connectivity index (χ1) is 34.4. The fraction of sp³-hybridized carbons (Fsp3) is 0.531. The zero-order valence-corrected chi connectivity index (χ0v) is 41.5. The molecule has 4 atom stereocenters. The number of carbonyl (C=O) groups is 8. The van der Waals surface area contributed by atoms with Gasteiger partial charge in [-0.15, -0.1) is 11.3 Å². The Hall–Kier alpha value is -6.40. The second-order valence-electron chi connectivity index (χ2n) is 19.0. The number of fused-ring (bicyclic) bond motifs is 1. The Balaban J connectivity index is 0.794. The van der Waals surface area contributed by atoms with Crippen molar-refractivity contribution in [2.45, 2.75) is 96.2 Å². The lowest BCUT2D eigenvalue weighted by Gasteiger charge is -2.35. The fourth-order valence-corrected chi connectivity index (χ4v) is 9.30. The molecule has 3 aromatic rings. The SMILES string of the molecule is Cc1ncsc1-c1ccc(CNC(=O)[C@@H]2C[C@@H](O)CN2C(=O)[C@@H](NC(=O)C2(F)CC2)C(C)(C)C)c(OCCOCCOCCOCC(=O)NCCNc2cccc3c2C(=O)N(C2CCC(=O)NC2=O)C3=O)c1. The van der Waals surface area contributed by atoms with Crippen LogP contribution in [0.1, 0.15) is 84.8 Å². The van der Waals surface area contributed by atoms with E-state index in [2.05, 4.69) is 31.6 Å². The van der Waals surface area contributed by atoms with Crippen molar-refractivity contribution in [2.75, 3.05) is 71.2 Å². The van der Waals surface area contributed by atoms with Gasteiger partial charge in [0.25, 0.3) is 17.7 Å². The Morgan fingerprint density at radius 3 is 2.36 bits per heavy atom. The molecule has 4 heterocycles. The molecule has 1 unspecified atom stereocenters. The average Bonchev–Trinajstić information content (AvgIpc) is 3.61. The number of likely N-dealkylation sites (tertiary alicyclic amines) is 1. The summed E-state index contributed by atoms with van der Waals surface area (Å²) in [7, 11) is 0. The predicted molar refractivity (Wildman–Crippen MR) is 257 cm³/mol. The Kier molecular flexibility index (Phi) is 17.4. The second-order valence-corrected chi connectivity index (χ2v) is 19.9. The molecule has 23 heteroatoms. The molecular weight excluding hydrogens is 960 g/mol. The smallest absolute Gasteiger partial charge is 0.264 e. The van der Waals surface area contributed by atoms with E-state index in [4.69, 9.17) is 18.9 Å². The maximum Gasteiger partial charge on any atom is 0.264 e. The van der Waals surface area contributed by atoms with Crippen LogP contribution in [0.5, 0.6) is 5.75 Å². The topological polar surface area (TPSA) is 273 Å². The Morgan fingerprint density at radius 1 is 0.958 bits per heavy atom. The lowest BCUT2D eigenvalue weighted by Crippen LogP contribution is -2.59. The van der Waals surface area contributed by atoms with Crippen LogP contribution in [-0.2, 0) is 49.5 Å². The van der Waals surface area contributed by atoms with E-state index in [1.807, 2.05) is 25.1 Å². The number of thiazole rings is 1. The number of β-amino-alcohol motifs (C(OH)–C–C–N with tert-alkyl or cyclic N) is 1. The number of aliphatic hydroxyl groups excluding tert-OH is 1. The Bertz CT molecular complexity index is 2550. The standard InChI is InChI=1S/C49H61FN8O13S/c1-28-40(72-27-54-28)29-8-9-30(24-53-42(62)35-23-31(59)25-57(35)46(66)41(48(2,3)4)56-47(67)49(50)12-13-49)36(22-29)71-21-20-69-17-16-68-18-19-70-26-38(61)52-15-14-51-33-7-5-6-32-39(33)45(65)58(44(32)64)34-10-11-37(60)55-43(34)63/h5-9,22,27,31,34-35,41,51,59H,10-21,23-26H2,1-4H3,(H,52,61)(H,53,62)(H,56,67)(H,55,60,63)/t31-,34?,35+,41-/m1/s1. The van der Waals surface area contributed by atoms with Crippen molar-refractivity contribution < 1.29 is 66.8 Å². The number of anilines is 1. The van der Waals surface area contributed by atoms with Gasteiger partial charge in [-0.1, -0.05) is 39.0 Å². The highest BCUT2D eigenvalue weighted by Gasteiger charge is 2.53. The number of carbonyl (C=O) groups excluding carboxylic acids is 8. The van der Waals surface area contributed by atoms with Gasteiger partial charge >= 0.3 is 0 Å². The third-order valence-corrected chi connectivity index (χ3v) is 13.5. The van der Waals surface area contributed by atoms with Crippen molar-refractivity contribution in [2.24, 2.45) is 5.41 Å².